The summed E-state index contributed by atoms with van der Waals surface area (Å²) in [6.45, 7) is 5.35. The van der Waals surface area contributed by atoms with Crippen LogP contribution in [0.25, 0.3) is 0 Å². The summed E-state index contributed by atoms with van der Waals surface area (Å²) in [6.07, 6.45) is 1.40. The highest BCUT2D eigenvalue weighted by atomic mass is 16.3. The molecule has 0 aliphatic heterocycles. The molecule has 0 amide bonds. The number of rotatable bonds is 3. The topological polar surface area (TPSA) is 49.7 Å². The number of aliphatic imine (C=N–C) groups is 1. The van der Waals surface area contributed by atoms with E-state index in [0.717, 1.165) is 0 Å². The summed E-state index contributed by atoms with van der Waals surface area (Å²) in [5, 5.41) is 8.98. The lowest BCUT2D eigenvalue weighted by atomic mass is 10.2. The minimum Gasteiger partial charge on any atom is -0.512 e. The molecule has 0 unspecified atom stereocenters. The van der Waals surface area contributed by atoms with E-state index >= 15 is 0 Å². The van der Waals surface area contributed by atoms with E-state index in [9.17, 15) is 4.79 Å². The first-order valence-corrected chi connectivity index (χ1v) is 3.50. The van der Waals surface area contributed by atoms with Crippen molar-refractivity contribution in [2.75, 3.05) is 6.54 Å². The van der Waals surface area contributed by atoms with Crippen LogP contribution in [0.2, 0.25) is 0 Å². The third-order valence-electron chi connectivity index (χ3n) is 1.17. The Morgan fingerprint density at radius 2 is 2.09 bits per heavy atom. The van der Waals surface area contributed by atoms with Gasteiger partial charge in [-0.3, -0.25) is 9.79 Å². The molecule has 0 saturated heterocycles. The van der Waals surface area contributed by atoms with E-state index in [1.807, 2.05) is 6.92 Å². The second-order valence-electron chi connectivity index (χ2n) is 2.18. The molecule has 3 heteroatoms. The molecular formula is C8H13NO2. The molecule has 3 nitrogen and oxygen atoms in total. The van der Waals surface area contributed by atoms with E-state index in [1.54, 1.807) is 0 Å². The smallest absolute Gasteiger partial charge is 0.164 e. The molecule has 0 rings (SSSR count). The first-order chi connectivity index (χ1) is 5.09. The highest BCUT2D eigenvalue weighted by molar-refractivity contribution is 6.12. The van der Waals surface area contributed by atoms with E-state index in [4.69, 9.17) is 5.11 Å². The van der Waals surface area contributed by atoms with Gasteiger partial charge < -0.3 is 5.11 Å². The van der Waals surface area contributed by atoms with Gasteiger partial charge >= 0.3 is 0 Å². The molecule has 0 aliphatic rings. The standard InChI is InChI=1S/C8H13NO2/c1-4-9-5-8(6(2)10)7(3)11/h5,10H,4H2,1-3H3. The van der Waals surface area contributed by atoms with Crippen molar-refractivity contribution in [1.29, 1.82) is 0 Å². The lowest BCUT2D eigenvalue weighted by Gasteiger charge is -1.95. The predicted molar refractivity (Wildman–Crippen MR) is 45.0 cm³/mol. The molecule has 0 atom stereocenters. The molecule has 0 saturated carbocycles. The zero-order valence-electron chi connectivity index (χ0n) is 7.09. The predicted octanol–water partition coefficient (Wildman–Crippen LogP) is 1.50. The molecule has 0 aliphatic carbocycles. The van der Waals surface area contributed by atoms with Gasteiger partial charge in [0.25, 0.3) is 0 Å². The van der Waals surface area contributed by atoms with Crippen LogP contribution in [0.3, 0.4) is 0 Å². The van der Waals surface area contributed by atoms with Gasteiger partial charge in [-0.2, -0.15) is 0 Å². The summed E-state index contributed by atoms with van der Waals surface area (Å²) in [4.78, 5) is 14.6. The summed E-state index contributed by atoms with van der Waals surface area (Å²) >= 11 is 0. The van der Waals surface area contributed by atoms with Gasteiger partial charge in [-0.15, -0.1) is 0 Å². The normalized spacial score (nSPS) is 13.4. The Balaban J connectivity index is 4.51. The number of aliphatic hydroxyl groups excluding tert-OH is 1. The minimum absolute atomic E-state index is 0.0229. The molecule has 0 fully saturated rings. The van der Waals surface area contributed by atoms with Gasteiger partial charge in [-0.1, -0.05) is 0 Å². The minimum atomic E-state index is -0.165. The van der Waals surface area contributed by atoms with Gasteiger partial charge in [0.1, 0.15) is 5.76 Å². The Morgan fingerprint density at radius 3 is 2.36 bits per heavy atom. The van der Waals surface area contributed by atoms with Gasteiger partial charge in [-0.25, -0.2) is 0 Å². The molecule has 62 valence electrons. The van der Waals surface area contributed by atoms with Crippen LogP contribution in [-0.2, 0) is 4.79 Å². The number of Topliss-reactive ketones (excluding diaryl/α,β-unsaturated/α-hetero) is 1. The molecule has 0 bridgehead atoms. The number of aliphatic hydroxyl groups is 1. The Morgan fingerprint density at radius 1 is 1.55 bits per heavy atom. The molecule has 0 spiro atoms. The number of hydrogen-bond acceptors (Lipinski definition) is 3. The van der Waals surface area contributed by atoms with Crippen molar-refractivity contribution >= 4 is 12.0 Å². The van der Waals surface area contributed by atoms with E-state index < -0.39 is 0 Å². The average Bonchev–Trinajstić information content (AvgIpc) is 1.87. The SMILES string of the molecule is CCN=CC(C(C)=O)=C(C)O. The van der Waals surface area contributed by atoms with Crippen molar-refractivity contribution in [1.82, 2.24) is 0 Å². The fraction of sp³-hybridized carbons (Fsp3) is 0.500. The van der Waals surface area contributed by atoms with Crippen molar-refractivity contribution < 1.29 is 9.90 Å². The van der Waals surface area contributed by atoms with Gasteiger partial charge in [0.05, 0.1) is 5.57 Å². The zero-order chi connectivity index (χ0) is 8.85. The summed E-state index contributed by atoms with van der Waals surface area (Å²) in [5.74, 6) is -0.142. The maximum atomic E-state index is 10.8. The Kier molecular flexibility index (Phi) is 4.18. The van der Waals surface area contributed by atoms with Crippen LogP contribution in [0.15, 0.2) is 16.3 Å². The third kappa shape index (κ3) is 3.55. The lowest BCUT2D eigenvalue weighted by molar-refractivity contribution is -0.113. The third-order valence-corrected chi connectivity index (χ3v) is 1.17. The number of allylic oxidation sites excluding steroid dienone is 2. The lowest BCUT2D eigenvalue weighted by Crippen LogP contribution is -2.01. The fourth-order valence-corrected chi connectivity index (χ4v) is 0.622. The zero-order valence-corrected chi connectivity index (χ0v) is 7.09. The molecule has 11 heavy (non-hydrogen) atoms. The van der Waals surface area contributed by atoms with E-state index in [1.165, 1.54) is 20.1 Å². The van der Waals surface area contributed by atoms with E-state index in [0.29, 0.717) is 6.54 Å². The largest absolute Gasteiger partial charge is 0.512 e. The second kappa shape index (κ2) is 4.66. The van der Waals surface area contributed by atoms with Crippen molar-refractivity contribution in [2.24, 2.45) is 4.99 Å². The Hall–Kier alpha value is -1.12. The molecule has 0 aromatic heterocycles. The number of carbonyl (C=O) groups excluding carboxylic acids is 1. The summed E-state index contributed by atoms with van der Waals surface area (Å²) in [5.41, 5.74) is 0.284. The highest BCUT2D eigenvalue weighted by Crippen LogP contribution is 1.98. The molecule has 0 aromatic carbocycles. The second-order valence-corrected chi connectivity index (χ2v) is 2.18. The molecule has 0 aromatic rings. The average molecular weight is 155 g/mol. The van der Waals surface area contributed by atoms with Crippen LogP contribution < -0.4 is 0 Å². The van der Waals surface area contributed by atoms with Crippen molar-refractivity contribution in [3.63, 3.8) is 0 Å². The van der Waals surface area contributed by atoms with Crippen LogP contribution in [0.1, 0.15) is 20.8 Å². The van der Waals surface area contributed by atoms with E-state index in [2.05, 4.69) is 4.99 Å². The molecular weight excluding hydrogens is 142 g/mol. The van der Waals surface area contributed by atoms with Gasteiger partial charge in [0, 0.05) is 12.8 Å². The quantitative estimate of drug-likeness (QED) is 0.381. The number of ketones is 1. The van der Waals surface area contributed by atoms with Crippen LogP contribution in [0, 0.1) is 0 Å². The Bertz CT molecular complexity index is 200. The number of carbonyl (C=O) groups is 1. The summed E-state index contributed by atoms with van der Waals surface area (Å²) in [7, 11) is 0. The molecule has 0 radical (unpaired) electrons. The van der Waals surface area contributed by atoms with Crippen LogP contribution in [-0.4, -0.2) is 23.6 Å². The van der Waals surface area contributed by atoms with Gasteiger partial charge in [0.15, 0.2) is 5.78 Å². The monoisotopic (exact) mass is 155 g/mol. The highest BCUT2D eigenvalue weighted by Gasteiger charge is 2.03. The molecule has 1 N–H and O–H groups in total. The first-order valence-electron chi connectivity index (χ1n) is 3.50. The number of nitrogens with zero attached hydrogens (tertiary/aromatic N) is 1. The van der Waals surface area contributed by atoms with Crippen molar-refractivity contribution in [2.45, 2.75) is 20.8 Å². The maximum Gasteiger partial charge on any atom is 0.164 e. The fourth-order valence-electron chi connectivity index (χ4n) is 0.622. The van der Waals surface area contributed by atoms with Crippen LogP contribution in [0.5, 0.6) is 0 Å². The van der Waals surface area contributed by atoms with Crippen molar-refractivity contribution in [3.8, 4) is 0 Å². The summed E-state index contributed by atoms with van der Waals surface area (Å²) < 4.78 is 0. The maximum absolute atomic E-state index is 10.8. The summed E-state index contributed by atoms with van der Waals surface area (Å²) in [6, 6.07) is 0. The van der Waals surface area contributed by atoms with Crippen molar-refractivity contribution in [3.05, 3.63) is 11.3 Å². The number of hydrogen-bond donors (Lipinski definition) is 1. The van der Waals surface area contributed by atoms with Gasteiger partial charge in [-0.05, 0) is 20.8 Å². The molecule has 0 heterocycles. The van der Waals surface area contributed by atoms with E-state index in [-0.39, 0.29) is 17.1 Å². The van der Waals surface area contributed by atoms with Crippen LogP contribution in [0.4, 0.5) is 0 Å². The van der Waals surface area contributed by atoms with Crippen LogP contribution >= 0.6 is 0 Å². The van der Waals surface area contributed by atoms with Gasteiger partial charge in [0.2, 0.25) is 0 Å². The first kappa shape index (κ1) is 9.88. The Labute approximate surface area is 66.5 Å².